The number of carboxylic acid groups (broad SMARTS) is 1. The van der Waals surface area contributed by atoms with Crippen molar-refractivity contribution in [1.82, 2.24) is 4.90 Å². The molecule has 2 fully saturated rings. The van der Waals surface area contributed by atoms with Crippen LogP contribution in [0.15, 0.2) is 0 Å². The SMILES string of the molecule is CC1CC(C)CN(C(=O)COC2CCC(C(=O)O)CC2)C1. The fourth-order valence-electron chi connectivity index (χ4n) is 3.62. The average Bonchev–Trinajstić information content (AvgIpc) is 2.44. The first kappa shape index (κ1) is 16.3. The van der Waals surface area contributed by atoms with Gasteiger partial charge in [-0.3, -0.25) is 9.59 Å². The van der Waals surface area contributed by atoms with E-state index in [0.29, 0.717) is 24.7 Å². The minimum Gasteiger partial charge on any atom is -0.481 e. The lowest BCUT2D eigenvalue weighted by Gasteiger charge is -2.35. The number of carbonyl (C=O) groups is 2. The Morgan fingerprint density at radius 1 is 1.10 bits per heavy atom. The molecule has 5 nitrogen and oxygen atoms in total. The number of likely N-dealkylation sites (tertiary alicyclic amines) is 1. The lowest BCUT2D eigenvalue weighted by atomic mass is 9.87. The summed E-state index contributed by atoms with van der Waals surface area (Å²) in [6.45, 7) is 6.17. The highest BCUT2D eigenvalue weighted by Crippen LogP contribution is 2.26. The third kappa shape index (κ3) is 4.70. The van der Waals surface area contributed by atoms with Gasteiger partial charge in [0.05, 0.1) is 12.0 Å². The fraction of sp³-hybridized carbons (Fsp3) is 0.875. The van der Waals surface area contributed by atoms with Crippen molar-refractivity contribution in [2.45, 2.75) is 52.1 Å². The lowest BCUT2D eigenvalue weighted by Crippen LogP contribution is -2.44. The van der Waals surface area contributed by atoms with Crippen LogP contribution in [0, 0.1) is 17.8 Å². The first-order valence-corrected chi connectivity index (χ1v) is 8.08. The molecule has 2 rings (SSSR count). The van der Waals surface area contributed by atoms with E-state index in [2.05, 4.69) is 13.8 Å². The maximum absolute atomic E-state index is 12.2. The zero-order valence-electron chi connectivity index (χ0n) is 13.1. The van der Waals surface area contributed by atoms with Crippen LogP contribution in [-0.2, 0) is 14.3 Å². The minimum atomic E-state index is -0.708. The fourth-order valence-corrected chi connectivity index (χ4v) is 3.62. The zero-order chi connectivity index (χ0) is 15.4. The van der Waals surface area contributed by atoms with Gasteiger partial charge in [0, 0.05) is 13.1 Å². The van der Waals surface area contributed by atoms with E-state index in [4.69, 9.17) is 9.84 Å². The predicted molar refractivity (Wildman–Crippen MR) is 78.9 cm³/mol. The number of piperidine rings is 1. The molecule has 2 aliphatic rings. The lowest BCUT2D eigenvalue weighted by molar-refractivity contribution is -0.146. The van der Waals surface area contributed by atoms with Crippen molar-refractivity contribution < 1.29 is 19.4 Å². The van der Waals surface area contributed by atoms with Crippen LogP contribution in [0.3, 0.4) is 0 Å². The van der Waals surface area contributed by atoms with Crippen molar-refractivity contribution in [1.29, 1.82) is 0 Å². The van der Waals surface area contributed by atoms with Gasteiger partial charge in [0.1, 0.15) is 6.61 Å². The van der Waals surface area contributed by atoms with Crippen LogP contribution >= 0.6 is 0 Å². The monoisotopic (exact) mass is 297 g/mol. The van der Waals surface area contributed by atoms with Crippen LogP contribution in [0.2, 0.25) is 0 Å². The van der Waals surface area contributed by atoms with Crippen LogP contribution in [0.25, 0.3) is 0 Å². The normalized spacial score (nSPS) is 33.7. The van der Waals surface area contributed by atoms with E-state index < -0.39 is 5.97 Å². The molecular weight excluding hydrogens is 270 g/mol. The molecule has 0 radical (unpaired) electrons. The Kier molecular flexibility index (Phi) is 5.62. The van der Waals surface area contributed by atoms with Gasteiger partial charge in [0.25, 0.3) is 0 Å². The van der Waals surface area contributed by atoms with Crippen molar-refractivity contribution in [2.24, 2.45) is 17.8 Å². The Balaban J connectivity index is 1.71. The smallest absolute Gasteiger partial charge is 0.306 e. The van der Waals surface area contributed by atoms with Crippen molar-refractivity contribution in [3.05, 3.63) is 0 Å². The first-order chi connectivity index (χ1) is 9.95. The van der Waals surface area contributed by atoms with E-state index in [1.807, 2.05) is 4.90 Å². The Morgan fingerprint density at radius 2 is 1.67 bits per heavy atom. The molecule has 1 saturated heterocycles. The zero-order valence-corrected chi connectivity index (χ0v) is 13.1. The van der Waals surface area contributed by atoms with Gasteiger partial charge in [-0.25, -0.2) is 0 Å². The number of ether oxygens (including phenoxy) is 1. The first-order valence-electron chi connectivity index (χ1n) is 8.08. The molecule has 120 valence electrons. The standard InChI is InChI=1S/C16H27NO4/c1-11-7-12(2)9-17(8-11)15(18)10-21-14-5-3-13(4-6-14)16(19)20/h11-14H,3-10H2,1-2H3,(H,19,20). The summed E-state index contributed by atoms with van der Waals surface area (Å²) in [5.74, 6) is 0.256. The summed E-state index contributed by atoms with van der Waals surface area (Å²) in [5.41, 5.74) is 0. The van der Waals surface area contributed by atoms with Crippen molar-refractivity contribution in [2.75, 3.05) is 19.7 Å². The maximum Gasteiger partial charge on any atom is 0.306 e. The van der Waals surface area contributed by atoms with Crippen LogP contribution in [0.4, 0.5) is 0 Å². The van der Waals surface area contributed by atoms with Crippen molar-refractivity contribution >= 4 is 11.9 Å². The highest BCUT2D eigenvalue weighted by atomic mass is 16.5. The second-order valence-electron chi connectivity index (χ2n) is 6.87. The molecule has 0 aromatic carbocycles. The summed E-state index contributed by atoms with van der Waals surface area (Å²) in [6.07, 6.45) is 4.04. The number of rotatable bonds is 4. The second kappa shape index (κ2) is 7.25. The number of aliphatic carboxylic acids is 1. The van der Waals surface area contributed by atoms with Crippen LogP contribution < -0.4 is 0 Å². The quantitative estimate of drug-likeness (QED) is 0.863. The summed E-state index contributed by atoms with van der Waals surface area (Å²) in [6, 6.07) is 0. The molecule has 21 heavy (non-hydrogen) atoms. The number of carboxylic acids is 1. The molecular formula is C16H27NO4. The van der Waals surface area contributed by atoms with E-state index in [1.54, 1.807) is 0 Å². The van der Waals surface area contributed by atoms with Gasteiger partial charge >= 0.3 is 5.97 Å². The van der Waals surface area contributed by atoms with E-state index in [-0.39, 0.29) is 24.5 Å². The van der Waals surface area contributed by atoms with Gasteiger partial charge in [0.2, 0.25) is 5.91 Å². The molecule has 0 aromatic heterocycles. The molecule has 1 aliphatic carbocycles. The Hall–Kier alpha value is -1.10. The van der Waals surface area contributed by atoms with Gasteiger partial charge in [-0.1, -0.05) is 13.8 Å². The highest BCUT2D eigenvalue weighted by Gasteiger charge is 2.28. The average molecular weight is 297 g/mol. The molecule has 1 saturated carbocycles. The Morgan fingerprint density at radius 3 is 2.19 bits per heavy atom. The van der Waals surface area contributed by atoms with Gasteiger partial charge < -0.3 is 14.7 Å². The number of nitrogens with zero attached hydrogens (tertiary/aromatic N) is 1. The van der Waals surface area contributed by atoms with Crippen LogP contribution in [-0.4, -0.2) is 47.7 Å². The van der Waals surface area contributed by atoms with Crippen LogP contribution in [0.1, 0.15) is 46.0 Å². The Bertz CT molecular complexity index is 366. The maximum atomic E-state index is 12.2. The van der Waals surface area contributed by atoms with E-state index in [1.165, 1.54) is 6.42 Å². The van der Waals surface area contributed by atoms with Gasteiger partial charge in [-0.05, 0) is 43.9 Å². The molecule has 0 spiro atoms. The summed E-state index contributed by atoms with van der Waals surface area (Å²) in [4.78, 5) is 25.0. The molecule has 0 aromatic rings. The van der Waals surface area contributed by atoms with Gasteiger partial charge in [0.15, 0.2) is 0 Å². The Labute approximate surface area is 126 Å². The number of amides is 1. The second-order valence-corrected chi connectivity index (χ2v) is 6.87. The molecule has 2 atom stereocenters. The number of hydrogen-bond acceptors (Lipinski definition) is 3. The van der Waals surface area contributed by atoms with Crippen molar-refractivity contribution in [3.63, 3.8) is 0 Å². The van der Waals surface area contributed by atoms with E-state index in [9.17, 15) is 9.59 Å². The summed E-state index contributed by atoms with van der Waals surface area (Å²) < 4.78 is 5.71. The third-order valence-electron chi connectivity index (χ3n) is 4.69. The van der Waals surface area contributed by atoms with Crippen LogP contribution in [0.5, 0.6) is 0 Å². The van der Waals surface area contributed by atoms with E-state index >= 15 is 0 Å². The predicted octanol–water partition coefficient (Wildman–Crippen LogP) is 2.15. The summed E-state index contributed by atoms with van der Waals surface area (Å²) in [5, 5.41) is 8.96. The molecule has 2 unspecified atom stereocenters. The topological polar surface area (TPSA) is 66.8 Å². The summed E-state index contributed by atoms with van der Waals surface area (Å²) in [7, 11) is 0. The molecule has 1 heterocycles. The highest BCUT2D eigenvalue weighted by molar-refractivity contribution is 5.77. The third-order valence-corrected chi connectivity index (χ3v) is 4.69. The number of hydrogen-bond donors (Lipinski definition) is 1. The van der Waals surface area contributed by atoms with Crippen molar-refractivity contribution in [3.8, 4) is 0 Å². The largest absolute Gasteiger partial charge is 0.481 e. The molecule has 1 amide bonds. The van der Waals surface area contributed by atoms with Gasteiger partial charge in [-0.2, -0.15) is 0 Å². The summed E-state index contributed by atoms with van der Waals surface area (Å²) >= 11 is 0. The molecule has 5 heteroatoms. The minimum absolute atomic E-state index is 0.0455. The van der Waals surface area contributed by atoms with Gasteiger partial charge in [-0.15, -0.1) is 0 Å². The molecule has 1 N–H and O–H groups in total. The van der Waals surface area contributed by atoms with E-state index in [0.717, 1.165) is 25.9 Å². The molecule has 0 bridgehead atoms. The number of carbonyl (C=O) groups excluding carboxylic acids is 1. The molecule has 1 aliphatic heterocycles.